The summed E-state index contributed by atoms with van der Waals surface area (Å²) in [5.74, 6) is 1.34. The number of rotatable bonds is 1. The van der Waals surface area contributed by atoms with Crippen molar-refractivity contribution in [2.45, 2.75) is 37.7 Å². The Balaban J connectivity index is 1.93. The number of hydrogen-bond donors (Lipinski definition) is 2. The quantitative estimate of drug-likeness (QED) is 0.645. The lowest BCUT2D eigenvalue weighted by Crippen LogP contribution is -2.57. The minimum Gasteiger partial charge on any atom is -0.390 e. The van der Waals surface area contributed by atoms with E-state index >= 15 is 0 Å². The molecule has 0 spiro atoms. The third kappa shape index (κ3) is 1.05. The number of nitrogens with two attached hydrogens (primary N) is 1. The molecule has 2 unspecified atom stereocenters. The van der Waals surface area contributed by atoms with Gasteiger partial charge in [-0.15, -0.1) is 0 Å². The maximum absolute atomic E-state index is 11.3. The van der Waals surface area contributed by atoms with E-state index < -0.39 is 5.60 Å². The highest BCUT2D eigenvalue weighted by Crippen LogP contribution is 2.58. The molecule has 1 amide bonds. The van der Waals surface area contributed by atoms with Gasteiger partial charge in [0.05, 0.1) is 5.60 Å². The van der Waals surface area contributed by atoms with Crippen LogP contribution in [0.25, 0.3) is 0 Å². The maximum atomic E-state index is 11.3. The zero-order valence-corrected chi connectivity index (χ0v) is 8.28. The molecule has 4 rings (SSSR count). The first kappa shape index (κ1) is 8.72. The first-order valence-electron chi connectivity index (χ1n) is 5.59. The molecule has 4 aliphatic rings. The van der Waals surface area contributed by atoms with Gasteiger partial charge in [0.2, 0.25) is 5.91 Å². The van der Waals surface area contributed by atoms with E-state index in [2.05, 4.69) is 0 Å². The van der Waals surface area contributed by atoms with Crippen LogP contribution in [0.5, 0.6) is 0 Å². The molecule has 0 aromatic carbocycles. The third-order valence-electron chi connectivity index (χ3n) is 4.57. The Morgan fingerprint density at radius 2 is 1.79 bits per heavy atom. The molecule has 0 radical (unpaired) electrons. The summed E-state index contributed by atoms with van der Waals surface area (Å²) in [5.41, 5.74) is 5.00. The van der Waals surface area contributed by atoms with Gasteiger partial charge >= 0.3 is 0 Å². The van der Waals surface area contributed by atoms with E-state index in [-0.39, 0.29) is 11.8 Å². The van der Waals surface area contributed by atoms with Crippen LogP contribution in [0.4, 0.5) is 0 Å². The maximum Gasteiger partial charge on any atom is 0.221 e. The lowest BCUT2D eigenvalue weighted by molar-refractivity contribution is -0.163. The van der Waals surface area contributed by atoms with E-state index in [1.165, 1.54) is 0 Å². The fourth-order valence-electron chi connectivity index (χ4n) is 4.45. The minimum absolute atomic E-state index is 0.0619. The van der Waals surface area contributed by atoms with Crippen molar-refractivity contribution in [3.8, 4) is 0 Å². The number of primary amides is 1. The predicted molar refractivity (Wildman–Crippen MR) is 51.2 cm³/mol. The van der Waals surface area contributed by atoms with Gasteiger partial charge in [-0.1, -0.05) is 0 Å². The standard InChI is InChI=1S/C11H17NO2/c12-10(13)9-7-1-6-2-8(9)5-11(14,3-6)4-7/h6-9,14H,1-5H2,(H2,12,13). The number of carbonyl (C=O) groups is 1. The molecule has 0 aromatic rings. The highest BCUT2D eigenvalue weighted by Gasteiger charge is 2.56. The number of hydrogen-bond acceptors (Lipinski definition) is 2. The molecule has 2 atom stereocenters. The molecule has 0 heterocycles. The molecular weight excluding hydrogens is 178 g/mol. The molecule has 3 N–H and O–H groups in total. The van der Waals surface area contributed by atoms with Crippen molar-refractivity contribution >= 4 is 5.91 Å². The van der Waals surface area contributed by atoms with Gasteiger partial charge < -0.3 is 10.8 Å². The molecule has 14 heavy (non-hydrogen) atoms. The van der Waals surface area contributed by atoms with Gasteiger partial charge in [0.15, 0.2) is 0 Å². The molecule has 78 valence electrons. The monoisotopic (exact) mass is 195 g/mol. The Kier molecular flexibility index (Phi) is 1.56. The van der Waals surface area contributed by atoms with Crippen LogP contribution >= 0.6 is 0 Å². The smallest absolute Gasteiger partial charge is 0.221 e. The molecule has 3 heteroatoms. The molecule has 4 aliphatic carbocycles. The van der Waals surface area contributed by atoms with Crippen LogP contribution in [0, 0.1) is 23.7 Å². The van der Waals surface area contributed by atoms with Crippen LogP contribution in [0.3, 0.4) is 0 Å². The average Bonchev–Trinajstić information content (AvgIpc) is 1.97. The van der Waals surface area contributed by atoms with Gasteiger partial charge in [-0.25, -0.2) is 0 Å². The normalized spacial score (nSPS) is 54.9. The van der Waals surface area contributed by atoms with Gasteiger partial charge in [-0.3, -0.25) is 4.79 Å². The summed E-state index contributed by atoms with van der Waals surface area (Å²) in [6.07, 6.45) is 4.82. The van der Waals surface area contributed by atoms with E-state index in [0.717, 1.165) is 32.1 Å². The molecular formula is C11H17NO2. The first-order valence-corrected chi connectivity index (χ1v) is 5.59. The van der Waals surface area contributed by atoms with Gasteiger partial charge in [-0.05, 0) is 49.9 Å². The Bertz CT molecular complexity index is 273. The summed E-state index contributed by atoms with van der Waals surface area (Å²) >= 11 is 0. The van der Waals surface area contributed by atoms with Crippen molar-refractivity contribution in [2.75, 3.05) is 0 Å². The zero-order valence-electron chi connectivity index (χ0n) is 8.28. The second kappa shape index (κ2) is 2.51. The number of carbonyl (C=O) groups excluding carboxylic acids is 1. The minimum atomic E-state index is -0.442. The molecule has 0 aliphatic heterocycles. The summed E-state index contributed by atoms with van der Waals surface area (Å²) in [5, 5.41) is 10.2. The van der Waals surface area contributed by atoms with Crippen molar-refractivity contribution < 1.29 is 9.90 Å². The van der Waals surface area contributed by atoms with Gasteiger partial charge in [0.25, 0.3) is 0 Å². The van der Waals surface area contributed by atoms with Gasteiger partial charge in [0, 0.05) is 5.92 Å². The highest BCUT2D eigenvalue weighted by molar-refractivity contribution is 5.77. The van der Waals surface area contributed by atoms with Gasteiger partial charge in [0.1, 0.15) is 0 Å². The van der Waals surface area contributed by atoms with Crippen molar-refractivity contribution in [2.24, 2.45) is 29.4 Å². The SMILES string of the molecule is NC(=O)C1C2CC3CC1CC(O)(C3)C2. The van der Waals surface area contributed by atoms with Crippen LogP contribution in [0.2, 0.25) is 0 Å². The van der Waals surface area contributed by atoms with E-state index in [0.29, 0.717) is 17.8 Å². The largest absolute Gasteiger partial charge is 0.390 e. The molecule has 4 fully saturated rings. The van der Waals surface area contributed by atoms with Crippen LogP contribution in [-0.4, -0.2) is 16.6 Å². The van der Waals surface area contributed by atoms with Crippen molar-refractivity contribution in [1.29, 1.82) is 0 Å². The topological polar surface area (TPSA) is 63.3 Å². The Labute approximate surface area is 83.7 Å². The summed E-state index contributed by atoms with van der Waals surface area (Å²) in [4.78, 5) is 11.3. The summed E-state index contributed by atoms with van der Waals surface area (Å²) in [6, 6.07) is 0. The van der Waals surface area contributed by atoms with Crippen LogP contribution < -0.4 is 5.73 Å². The highest BCUT2D eigenvalue weighted by atomic mass is 16.3. The summed E-state index contributed by atoms with van der Waals surface area (Å²) in [7, 11) is 0. The van der Waals surface area contributed by atoms with E-state index in [1.807, 2.05) is 0 Å². The van der Waals surface area contributed by atoms with E-state index in [9.17, 15) is 9.90 Å². The van der Waals surface area contributed by atoms with Gasteiger partial charge in [-0.2, -0.15) is 0 Å². The van der Waals surface area contributed by atoms with Crippen molar-refractivity contribution in [3.05, 3.63) is 0 Å². The van der Waals surface area contributed by atoms with Crippen LogP contribution in [0.1, 0.15) is 32.1 Å². The summed E-state index contributed by atoms with van der Waals surface area (Å²) in [6.45, 7) is 0. The van der Waals surface area contributed by atoms with E-state index in [4.69, 9.17) is 5.73 Å². The van der Waals surface area contributed by atoms with Crippen LogP contribution in [-0.2, 0) is 4.79 Å². The summed E-state index contributed by atoms with van der Waals surface area (Å²) < 4.78 is 0. The lowest BCUT2D eigenvalue weighted by atomic mass is 9.50. The average molecular weight is 195 g/mol. The Morgan fingerprint density at radius 3 is 2.21 bits per heavy atom. The molecule has 3 nitrogen and oxygen atoms in total. The number of aliphatic hydroxyl groups is 1. The predicted octanol–water partition coefficient (Wildman–Crippen LogP) is 0.659. The van der Waals surface area contributed by atoms with Crippen molar-refractivity contribution in [1.82, 2.24) is 0 Å². The molecule has 4 bridgehead atoms. The molecule has 4 saturated carbocycles. The fourth-order valence-corrected chi connectivity index (χ4v) is 4.45. The van der Waals surface area contributed by atoms with Crippen LogP contribution in [0.15, 0.2) is 0 Å². The lowest BCUT2D eigenvalue weighted by Gasteiger charge is -2.57. The Hall–Kier alpha value is -0.570. The molecule has 0 saturated heterocycles. The van der Waals surface area contributed by atoms with Crippen molar-refractivity contribution in [3.63, 3.8) is 0 Å². The van der Waals surface area contributed by atoms with E-state index in [1.54, 1.807) is 0 Å². The zero-order chi connectivity index (χ0) is 9.92. The second-order valence-electron chi connectivity index (χ2n) is 5.62. The fraction of sp³-hybridized carbons (Fsp3) is 0.909. The third-order valence-corrected chi connectivity index (χ3v) is 4.57. The Morgan fingerprint density at radius 1 is 1.21 bits per heavy atom. The second-order valence-corrected chi connectivity index (χ2v) is 5.62. The molecule has 0 aromatic heterocycles. The first-order chi connectivity index (χ1) is 6.57. The number of amides is 1.